The lowest BCUT2D eigenvalue weighted by molar-refractivity contribution is 0.687. The lowest BCUT2D eigenvalue weighted by Gasteiger charge is -2.15. The van der Waals surface area contributed by atoms with Crippen molar-refractivity contribution in [2.24, 2.45) is 5.73 Å². The summed E-state index contributed by atoms with van der Waals surface area (Å²) >= 11 is 1.72. The molecule has 2 aromatic heterocycles. The van der Waals surface area contributed by atoms with Crippen LogP contribution in [-0.4, -0.2) is 15.9 Å². The van der Waals surface area contributed by atoms with Gasteiger partial charge in [-0.05, 0) is 55.5 Å². The summed E-state index contributed by atoms with van der Waals surface area (Å²) in [5, 5.41) is 2.19. The molecule has 0 atom stereocenters. The fourth-order valence-electron chi connectivity index (χ4n) is 3.13. The molecule has 98 valence electrons. The van der Waals surface area contributed by atoms with Gasteiger partial charge in [0.1, 0.15) is 0 Å². The van der Waals surface area contributed by atoms with Crippen molar-refractivity contribution in [3.05, 3.63) is 34.3 Å². The standard InChI is InChI=1S/C15H17N3S/c16-6-5-12-9-19-15-17-13-7-10-3-1-2-4-11(10)8-14(13)18(12)15/h7-9H,1-6,16H2. The summed E-state index contributed by atoms with van der Waals surface area (Å²) in [5.41, 5.74) is 12.4. The van der Waals surface area contributed by atoms with E-state index in [2.05, 4.69) is 21.9 Å². The topological polar surface area (TPSA) is 43.3 Å². The number of fused-ring (bicyclic) bond motifs is 4. The fraction of sp³-hybridized carbons (Fsp3) is 0.400. The second kappa shape index (κ2) is 4.32. The maximum Gasteiger partial charge on any atom is 0.194 e. The maximum atomic E-state index is 5.71. The van der Waals surface area contributed by atoms with Gasteiger partial charge in [-0.15, -0.1) is 11.3 Å². The second-order valence-corrected chi connectivity index (χ2v) is 6.15. The molecule has 0 aliphatic heterocycles. The van der Waals surface area contributed by atoms with Gasteiger partial charge in [-0.1, -0.05) is 0 Å². The highest BCUT2D eigenvalue weighted by Crippen LogP contribution is 2.29. The number of hydrogen-bond acceptors (Lipinski definition) is 3. The van der Waals surface area contributed by atoms with Crippen LogP contribution in [0.3, 0.4) is 0 Å². The zero-order chi connectivity index (χ0) is 12.8. The molecule has 0 radical (unpaired) electrons. The van der Waals surface area contributed by atoms with E-state index in [1.165, 1.54) is 48.0 Å². The predicted molar refractivity (Wildman–Crippen MR) is 80.0 cm³/mol. The van der Waals surface area contributed by atoms with Crippen molar-refractivity contribution in [2.75, 3.05) is 6.54 Å². The molecule has 3 aromatic rings. The van der Waals surface area contributed by atoms with E-state index in [-0.39, 0.29) is 0 Å². The van der Waals surface area contributed by atoms with Crippen LogP contribution in [0.5, 0.6) is 0 Å². The molecule has 1 aliphatic rings. The summed E-state index contributed by atoms with van der Waals surface area (Å²) in [4.78, 5) is 5.86. The number of hydrogen-bond donors (Lipinski definition) is 1. The molecule has 2 N–H and O–H groups in total. The Morgan fingerprint density at radius 2 is 2.00 bits per heavy atom. The number of thiazole rings is 1. The summed E-state index contributed by atoms with van der Waals surface area (Å²) < 4.78 is 2.29. The molecule has 0 fully saturated rings. The Morgan fingerprint density at radius 1 is 1.21 bits per heavy atom. The number of nitrogens with zero attached hydrogens (tertiary/aromatic N) is 2. The number of aromatic nitrogens is 2. The van der Waals surface area contributed by atoms with Crippen LogP contribution in [0.2, 0.25) is 0 Å². The van der Waals surface area contributed by atoms with Crippen molar-refractivity contribution < 1.29 is 0 Å². The van der Waals surface area contributed by atoms with Gasteiger partial charge in [0.25, 0.3) is 0 Å². The van der Waals surface area contributed by atoms with Gasteiger partial charge in [-0.3, -0.25) is 4.40 Å². The maximum absolute atomic E-state index is 5.71. The Hall–Kier alpha value is -1.39. The molecule has 2 heterocycles. The van der Waals surface area contributed by atoms with Gasteiger partial charge >= 0.3 is 0 Å². The van der Waals surface area contributed by atoms with E-state index in [9.17, 15) is 0 Å². The Labute approximate surface area is 116 Å². The van der Waals surface area contributed by atoms with Crippen molar-refractivity contribution >= 4 is 27.3 Å². The van der Waals surface area contributed by atoms with E-state index in [0.29, 0.717) is 6.54 Å². The summed E-state index contributed by atoms with van der Waals surface area (Å²) in [5.74, 6) is 0. The number of imidazole rings is 1. The van der Waals surface area contributed by atoms with E-state index in [1.54, 1.807) is 11.3 Å². The molecule has 0 saturated heterocycles. The van der Waals surface area contributed by atoms with Crippen LogP contribution >= 0.6 is 11.3 Å². The highest BCUT2D eigenvalue weighted by Gasteiger charge is 2.15. The smallest absolute Gasteiger partial charge is 0.194 e. The minimum atomic E-state index is 0.691. The van der Waals surface area contributed by atoms with E-state index >= 15 is 0 Å². The minimum absolute atomic E-state index is 0.691. The Morgan fingerprint density at radius 3 is 2.79 bits per heavy atom. The molecule has 0 amide bonds. The van der Waals surface area contributed by atoms with Crippen LogP contribution in [0.15, 0.2) is 17.5 Å². The minimum Gasteiger partial charge on any atom is -0.330 e. The molecule has 0 saturated carbocycles. The van der Waals surface area contributed by atoms with E-state index in [1.807, 2.05) is 0 Å². The Balaban J connectivity index is 2.01. The number of rotatable bonds is 2. The lowest BCUT2D eigenvalue weighted by Crippen LogP contribution is -2.05. The van der Waals surface area contributed by atoms with Gasteiger partial charge in [0.15, 0.2) is 4.96 Å². The molecule has 19 heavy (non-hydrogen) atoms. The number of aryl methyl sites for hydroxylation is 2. The molecule has 3 nitrogen and oxygen atoms in total. The monoisotopic (exact) mass is 271 g/mol. The molecule has 0 spiro atoms. The third kappa shape index (κ3) is 1.70. The van der Waals surface area contributed by atoms with Crippen LogP contribution in [0.1, 0.15) is 29.7 Å². The molecule has 0 unspecified atom stereocenters. The van der Waals surface area contributed by atoms with Crippen molar-refractivity contribution in [3.8, 4) is 0 Å². The van der Waals surface area contributed by atoms with E-state index in [0.717, 1.165) is 16.9 Å². The third-order valence-electron chi connectivity index (χ3n) is 4.08. The van der Waals surface area contributed by atoms with Gasteiger partial charge < -0.3 is 5.73 Å². The molecule has 1 aromatic carbocycles. The first-order chi connectivity index (χ1) is 9.36. The molecule has 4 heteroatoms. The van der Waals surface area contributed by atoms with E-state index < -0.39 is 0 Å². The Kier molecular flexibility index (Phi) is 2.60. The van der Waals surface area contributed by atoms with Gasteiger partial charge in [-0.25, -0.2) is 4.98 Å². The SMILES string of the molecule is NCCc1csc2nc3cc4c(cc3n12)CCCC4. The first kappa shape index (κ1) is 11.4. The van der Waals surface area contributed by atoms with Crippen LogP contribution in [0.25, 0.3) is 16.0 Å². The van der Waals surface area contributed by atoms with Crippen molar-refractivity contribution in [2.45, 2.75) is 32.1 Å². The van der Waals surface area contributed by atoms with Crippen LogP contribution in [0.4, 0.5) is 0 Å². The normalized spacial score (nSPS) is 15.2. The van der Waals surface area contributed by atoms with Gasteiger partial charge in [-0.2, -0.15) is 0 Å². The number of nitrogens with two attached hydrogens (primary N) is 1. The molecule has 4 rings (SSSR count). The van der Waals surface area contributed by atoms with Gasteiger partial charge in [0.2, 0.25) is 0 Å². The largest absolute Gasteiger partial charge is 0.330 e. The highest BCUT2D eigenvalue weighted by molar-refractivity contribution is 7.15. The van der Waals surface area contributed by atoms with Crippen LogP contribution in [0, 0.1) is 0 Å². The lowest BCUT2D eigenvalue weighted by atomic mass is 9.91. The first-order valence-corrected chi connectivity index (χ1v) is 7.85. The first-order valence-electron chi connectivity index (χ1n) is 6.97. The van der Waals surface area contributed by atoms with Crippen LogP contribution in [-0.2, 0) is 19.3 Å². The van der Waals surface area contributed by atoms with Crippen molar-refractivity contribution in [1.29, 1.82) is 0 Å². The van der Waals surface area contributed by atoms with E-state index in [4.69, 9.17) is 10.7 Å². The van der Waals surface area contributed by atoms with Crippen molar-refractivity contribution in [1.82, 2.24) is 9.38 Å². The van der Waals surface area contributed by atoms with Crippen LogP contribution < -0.4 is 5.73 Å². The fourth-order valence-corrected chi connectivity index (χ4v) is 4.07. The average Bonchev–Trinajstić information content (AvgIpc) is 2.96. The van der Waals surface area contributed by atoms with Crippen molar-refractivity contribution in [3.63, 3.8) is 0 Å². The zero-order valence-corrected chi connectivity index (χ0v) is 11.7. The Bertz CT molecular complexity index is 754. The molecular weight excluding hydrogens is 254 g/mol. The molecule has 0 bridgehead atoms. The quantitative estimate of drug-likeness (QED) is 0.778. The van der Waals surface area contributed by atoms with Gasteiger partial charge in [0, 0.05) is 17.5 Å². The second-order valence-electron chi connectivity index (χ2n) is 5.31. The molecule has 1 aliphatic carbocycles. The molecular formula is C15H17N3S. The summed E-state index contributed by atoms with van der Waals surface area (Å²) in [6, 6.07) is 4.66. The number of benzene rings is 1. The predicted octanol–water partition coefficient (Wildman–Crippen LogP) is 2.93. The summed E-state index contributed by atoms with van der Waals surface area (Å²) in [6.07, 6.45) is 5.99. The summed E-state index contributed by atoms with van der Waals surface area (Å²) in [7, 11) is 0. The van der Waals surface area contributed by atoms with Gasteiger partial charge in [0.05, 0.1) is 11.0 Å². The summed E-state index contributed by atoms with van der Waals surface area (Å²) in [6.45, 7) is 0.691. The third-order valence-corrected chi connectivity index (χ3v) is 4.95. The average molecular weight is 271 g/mol. The highest BCUT2D eigenvalue weighted by atomic mass is 32.1. The zero-order valence-electron chi connectivity index (χ0n) is 10.9.